The number of tetrazole rings is 1. The molecule has 1 unspecified atom stereocenters. The van der Waals surface area contributed by atoms with Gasteiger partial charge in [0.25, 0.3) is 0 Å². The third-order valence-corrected chi connectivity index (χ3v) is 3.56. The molecule has 102 valence electrons. The minimum absolute atomic E-state index is 0.0240. The fourth-order valence-corrected chi connectivity index (χ4v) is 2.51. The number of benzene rings is 1. The predicted octanol–water partition coefficient (Wildman–Crippen LogP) is 1.12. The van der Waals surface area contributed by atoms with E-state index in [2.05, 4.69) is 15.5 Å². The van der Waals surface area contributed by atoms with Crippen LogP contribution in [0.25, 0.3) is 5.69 Å². The third-order valence-electron chi connectivity index (χ3n) is 2.51. The molecule has 2 rings (SSSR count). The summed E-state index contributed by atoms with van der Waals surface area (Å²) in [5, 5.41) is 12.5. The van der Waals surface area contributed by atoms with Gasteiger partial charge in [0, 0.05) is 18.9 Å². The van der Waals surface area contributed by atoms with Crippen LogP contribution in [0, 0.1) is 0 Å². The number of hydrogen-bond donors (Lipinski definition) is 1. The normalized spacial score (nSPS) is 12.5. The van der Waals surface area contributed by atoms with Crippen LogP contribution in [0.3, 0.4) is 0 Å². The van der Waals surface area contributed by atoms with Gasteiger partial charge in [0.2, 0.25) is 5.16 Å². The molecule has 0 bridgehead atoms. The Morgan fingerprint density at radius 1 is 1.37 bits per heavy atom. The Hall–Kier alpha value is -1.44. The summed E-state index contributed by atoms with van der Waals surface area (Å²) in [6, 6.07) is 9.79. The largest absolute Gasteiger partial charge is 0.376 e. The Bertz CT molecular complexity index is 490. The monoisotopic (exact) mass is 279 g/mol. The van der Waals surface area contributed by atoms with E-state index < -0.39 is 0 Å². The van der Waals surface area contributed by atoms with E-state index in [9.17, 15) is 0 Å². The van der Waals surface area contributed by atoms with Crippen molar-refractivity contribution in [3.8, 4) is 5.69 Å². The number of hydrogen-bond acceptors (Lipinski definition) is 6. The van der Waals surface area contributed by atoms with Crippen LogP contribution in [0.5, 0.6) is 0 Å². The average molecular weight is 279 g/mol. The number of nitrogens with two attached hydrogens (primary N) is 1. The average Bonchev–Trinajstić information content (AvgIpc) is 2.93. The van der Waals surface area contributed by atoms with Crippen LogP contribution in [0.4, 0.5) is 0 Å². The molecule has 1 aromatic carbocycles. The van der Waals surface area contributed by atoms with Crippen molar-refractivity contribution >= 4 is 11.8 Å². The summed E-state index contributed by atoms with van der Waals surface area (Å²) >= 11 is 1.54. The lowest BCUT2D eigenvalue weighted by Crippen LogP contribution is -2.26. The van der Waals surface area contributed by atoms with E-state index in [0.29, 0.717) is 13.2 Å². The molecule has 19 heavy (non-hydrogen) atoms. The molecule has 1 atom stereocenters. The summed E-state index contributed by atoms with van der Waals surface area (Å²) < 4.78 is 7.22. The van der Waals surface area contributed by atoms with Gasteiger partial charge in [0.15, 0.2) is 0 Å². The van der Waals surface area contributed by atoms with Crippen LogP contribution < -0.4 is 5.73 Å². The lowest BCUT2D eigenvalue weighted by Gasteiger charge is -2.13. The topological polar surface area (TPSA) is 78.8 Å². The predicted molar refractivity (Wildman–Crippen MR) is 74.3 cm³/mol. The summed E-state index contributed by atoms with van der Waals surface area (Å²) in [5.74, 6) is 0.734. The first-order valence-electron chi connectivity index (χ1n) is 6.13. The highest BCUT2D eigenvalue weighted by Crippen LogP contribution is 2.19. The van der Waals surface area contributed by atoms with Crippen molar-refractivity contribution in [2.75, 3.05) is 18.9 Å². The number of aromatic nitrogens is 4. The van der Waals surface area contributed by atoms with Gasteiger partial charge in [-0.05, 0) is 29.5 Å². The van der Waals surface area contributed by atoms with E-state index in [-0.39, 0.29) is 6.10 Å². The Labute approximate surface area is 116 Å². The van der Waals surface area contributed by atoms with Crippen molar-refractivity contribution in [2.45, 2.75) is 18.2 Å². The van der Waals surface area contributed by atoms with Gasteiger partial charge in [-0.15, -0.1) is 5.10 Å². The van der Waals surface area contributed by atoms with Gasteiger partial charge in [0.1, 0.15) is 0 Å². The Balaban J connectivity index is 2.04. The first-order valence-corrected chi connectivity index (χ1v) is 7.12. The van der Waals surface area contributed by atoms with Crippen molar-refractivity contribution in [3.05, 3.63) is 30.3 Å². The van der Waals surface area contributed by atoms with E-state index in [1.165, 1.54) is 0 Å². The highest BCUT2D eigenvalue weighted by Gasteiger charge is 2.12. The second-order valence-corrected chi connectivity index (χ2v) is 4.82. The van der Waals surface area contributed by atoms with Gasteiger partial charge in [-0.2, -0.15) is 4.68 Å². The van der Waals surface area contributed by atoms with Gasteiger partial charge >= 0.3 is 0 Å². The molecule has 0 radical (unpaired) electrons. The quantitative estimate of drug-likeness (QED) is 0.765. The summed E-state index contributed by atoms with van der Waals surface area (Å²) in [6.07, 6.45) is 0.0240. The van der Waals surface area contributed by atoms with E-state index in [1.54, 1.807) is 16.4 Å². The molecule has 1 heterocycles. The summed E-state index contributed by atoms with van der Waals surface area (Å²) in [6.45, 7) is 3.11. The van der Waals surface area contributed by atoms with Crippen molar-refractivity contribution in [2.24, 2.45) is 5.73 Å². The molecule has 2 N–H and O–H groups in total. The molecule has 0 saturated heterocycles. The number of rotatable bonds is 7. The fraction of sp³-hybridized carbons (Fsp3) is 0.417. The Morgan fingerprint density at radius 3 is 2.84 bits per heavy atom. The third kappa shape index (κ3) is 3.76. The zero-order valence-electron chi connectivity index (χ0n) is 10.8. The highest BCUT2D eigenvalue weighted by atomic mass is 32.2. The molecule has 6 nitrogen and oxygen atoms in total. The molecule has 0 spiro atoms. The second-order valence-electron chi connectivity index (χ2n) is 3.83. The van der Waals surface area contributed by atoms with Crippen LogP contribution in [0.15, 0.2) is 35.5 Å². The molecular formula is C12H17N5OS. The van der Waals surface area contributed by atoms with E-state index >= 15 is 0 Å². The van der Waals surface area contributed by atoms with Crippen molar-refractivity contribution in [1.82, 2.24) is 20.2 Å². The lowest BCUT2D eigenvalue weighted by atomic mass is 10.3. The van der Waals surface area contributed by atoms with E-state index in [4.69, 9.17) is 10.5 Å². The number of para-hydroxylation sites is 1. The summed E-state index contributed by atoms with van der Waals surface area (Å²) in [4.78, 5) is 0. The number of ether oxygens (including phenoxy) is 1. The molecule has 0 saturated carbocycles. The van der Waals surface area contributed by atoms with E-state index in [0.717, 1.165) is 16.6 Å². The molecule has 7 heteroatoms. The van der Waals surface area contributed by atoms with Gasteiger partial charge in [-0.25, -0.2) is 0 Å². The van der Waals surface area contributed by atoms with Gasteiger partial charge in [-0.3, -0.25) is 0 Å². The molecule has 0 amide bonds. The van der Waals surface area contributed by atoms with Crippen LogP contribution >= 0.6 is 11.8 Å². The van der Waals surface area contributed by atoms with Gasteiger partial charge in [0.05, 0.1) is 11.8 Å². The standard InChI is InChI=1S/C12H17N5OS/c1-2-18-11(8-13)9-19-12-14-15-16-17(12)10-6-4-3-5-7-10/h3-7,11H,2,8-9,13H2,1H3. The summed E-state index contributed by atoms with van der Waals surface area (Å²) in [7, 11) is 0. The van der Waals surface area contributed by atoms with Gasteiger partial charge < -0.3 is 10.5 Å². The van der Waals surface area contributed by atoms with Crippen LogP contribution in [0.2, 0.25) is 0 Å². The lowest BCUT2D eigenvalue weighted by molar-refractivity contribution is 0.0858. The highest BCUT2D eigenvalue weighted by molar-refractivity contribution is 7.99. The fourth-order valence-electron chi connectivity index (χ4n) is 1.59. The van der Waals surface area contributed by atoms with Crippen molar-refractivity contribution in [1.29, 1.82) is 0 Å². The minimum Gasteiger partial charge on any atom is -0.376 e. The molecule has 0 aliphatic heterocycles. The maximum atomic E-state index is 5.65. The maximum absolute atomic E-state index is 5.65. The number of nitrogens with zero attached hydrogens (tertiary/aromatic N) is 4. The summed E-state index contributed by atoms with van der Waals surface area (Å²) in [5.41, 5.74) is 6.59. The molecular weight excluding hydrogens is 262 g/mol. The molecule has 2 aromatic rings. The SMILES string of the molecule is CCOC(CN)CSc1nnnn1-c1ccccc1. The first-order chi connectivity index (χ1) is 9.35. The van der Waals surface area contributed by atoms with Crippen molar-refractivity contribution in [3.63, 3.8) is 0 Å². The van der Waals surface area contributed by atoms with Crippen LogP contribution in [0.1, 0.15) is 6.92 Å². The second kappa shape index (κ2) is 7.22. The maximum Gasteiger partial charge on any atom is 0.214 e. The van der Waals surface area contributed by atoms with Gasteiger partial charge in [-0.1, -0.05) is 30.0 Å². The van der Waals surface area contributed by atoms with E-state index in [1.807, 2.05) is 37.3 Å². The minimum atomic E-state index is 0.0240. The first kappa shape index (κ1) is 14.0. The Kier molecular flexibility index (Phi) is 5.31. The van der Waals surface area contributed by atoms with Crippen molar-refractivity contribution < 1.29 is 4.74 Å². The molecule has 0 fully saturated rings. The molecule has 1 aromatic heterocycles. The smallest absolute Gasteiger partial charge is 0.214 e. The number of thioether (sulfide) groups is 1. The van der Waals surface area contributed by atoms with Crippen LogP contribution in [-0.4, -0.2) is 45.2 Å². The molecule has 0 aliphatic carbocycles. The van der Waals surface area contributed by atoms with Crippen LogP contribution in [-0.2, 0) is 4.74 Å². The zero-order chi connectivity index (χ0) is 13.5. The Morgan fingerprint density at radius 2 is 2.16 bits per heavy atom. The molecule has 0 aliphatic rings. The zero-order valence-corrected chi connectivity index (χ0v) is 11.6.